The van der Waals surface area contributed by atoms with Gasteiger partial charge in [0.1, 0.15) is 0 Å². The zero-order chi connectivity index (χ0) is 43.6. The summed E-state index contributed by atoms with van der Waals surface area (Å²) in [7, 11) is 0. The summed E-state index contributed by atoms with van der Waals surface area (Å²) in [5.74, 6) is 1.83. The summed E-state index contributed by atoms with van der Waals surface area (Å²) in [6, 6.07) is 82.3. The number of benzene rings is 10. The van der Waals surface area contributed by atoms with Gasteiger partial charge in [-0.2, -0.15) is 0 Å². The van der Waals surface area contributed by atoms with Crippen molar-refractivity contribution in [1.82, 2.24) is 19.5 Å². The van der Waals surface area contributed by atoms with Crippen LogP contribution in [0.3, 0.4) is 0 Å². The zero-order valence-electron chi connectivity index (χ0n) is 35.6. The van der Waals surface area contributed by atoms with E-state index in [1.165, 1.54) is 52.8 Å². The average Bonchev–Trinajstić information content (AvgIpc) is 3.95. The smallest absolute Gasteiger partial charge is 0.164 e. The third-order valence-electron chi connectivity index (χ3n) is 12.9. The Kier molecular flexibility index (Phi) is 9.00. The van der Waals surface area contributed by atoms with Crippen LogP contribution in [0.15, 0.2) is 231 Å². The highest BCUT2D eigenvalue weighted by Crippen LogP contribution is 2.42. The lowest BCUT2D eigenvalue weighted by Gasteiger charge is -2.16. The molecule has 10 aromatic carbocycles. The van der Waals surface area contributed by atoms with E-state index in [1.54, 1.807) is 0 Å². The van der Waals surface area contributed by atoms with Gasteiger partial charge in [0.15, 0.2) is 17.5 Å². The summed E-state index contributed by atoms with van der Waals surface area (Å²) < 4.78 is 4.95. The molecule has 0 radical (unpaired) electrons. The molecule has 0 N–H and O–H groups in total. The van der Waals surface area contributed by atoms with Crippen molar-refractivity contribution in [2.45, 2.75) is 0 Å². The molecule has 0 atom stereocenters. The average molecular weight is 859 g/mol. The number of nitrogens with zero attached hydrogens (tertiary/aromatic N) is 4. The van der Waals surface area contributed by atoms with Crippen molar-refractivity contribution in [3.63, 3.8) is 0 Å². The first-order chi connectivity index (χ1) is 32.7. The zero-order valence-corrected chi connectivity index (χ0v) is 36.5. The van der Waals surface area contributed by atoms with Crippen molar-refractivity contribution in [3.05, 3.63) is 231 Å². The number of hydrogen-bond acceptors (Lipinski definition) is 4. The second-order valence-electron chi connectivity index (χ2n) is 16.8. The Balaban J connectivity index is 0.998. The Hall–Kier alpha value is -8.51. The molecule has 0 unspecified atom stereocenters. The fraction of sp³-hybridized carbons (Fsp3) is 0. The first-order valence-electron chi connectivity index (χ1n) is 22.3. The van der Waals surface area contributed by atoms with Crippen LogP contribution in [0.2, 0.25) is 0 Å². The van der Waals surface area contributed by atoms with Crippen LogP contribution in [0.5, 0.6) is 0 Å². The van der Waals surface area contributed by atoms with E-state index in [0.29, 0.717) is 17.5 Å². The van der Waals surface area contributed by atoms with Crippen molar-refractivity contribution < 1.29 is 0 Å². The van der Waals surface area contributed by atoms with Gasteiger partial charge in [0.25, 0.3) is 0 Å². The van der Waals surface area contributed by atoms with Crippen molar-refractivity contribution in [2.24, 2.45) is 0 Å². The summed E-state index contributed by atoms with van der Waals surface area (Å²) in [5.41, 5.74) is 12.9. The molecule has 0 aliphatic carbocycles. The summed E-state index contributed by atoms with van der Waals surface area (Å²) in [4.78, 5) is 15.9. The lowest BCUT2D eigenvalue weighted by Crippen LogP contribution is -2.02. The summed E-state index contributed by atoms with van der Waals surface area (Å²) in [6.45, 7) is 0. The van der Waals surface area contributed by atoms with E-state index < -0.39 is 0 Å². The molecule has 0 saturated heterocycles. The fourth-order valence-corrected chi connectivity index (χ4v) is 10.9. The Morgan fingerprint density at radius 1 is 0.303 bits per heavy atom. The van der Waals surface area contributed by atoms with E-state index in [2.05, 4.69) is 235 Å². The Bertz CT molecular complexity index is 3940. The van der Waals surface area contributed by atoms with E-state index in [4.69, 9.17) is 15.0 Å². The number of rotatable bonds is 7. The maximum Gasteiger partial charge on any atom is 0.164 e. The number of para-hydroxylation sites is 2. The number of fused-ring (bicyclic) bond motifs is 7. The SMILES string of the molecule is c1ccc(-c2ccc(-c3nc(-c4ccc(-c5ccc6ccccc6c5)cc4)nc(-c4cccc(-c5cccc6c5sc5ccccc56)c4)n3)cc2-n2c3ccccc3c3ccccc32)cc1. The number of hydrogen-bond donors (Lipinski definition) is 0. The van der Waals surface area contributed by atoms with Gasteiger partial charge >= 0.3 is 0 Å². The minimum atomic E-state index is 0.604. The molecule has 0 aliphatic heterocycles. The first-order valence-corrected chi connectivity index (χ1v) is 23.1. The van der Waals surface area contributed by atoms with Crippen LogP contribution in [0.25, 0.3) is 126 Å². The largest absolute Gasteiger partial charge is 0.309 e. The van der Waals surface area contributed by atoms with Gasteiger partial charge in [0.05, 0.1) is 16.7 Å². The standard InChI is InChI=1S/C61H38N4S/c1-2-15-41(16-3-1)48-35-34-47(38-56(48)65-54-25-9-6-20-50(54)51-21-7-10-26-55(51)65)61-63-59(42-31-28-40(29-32-42)44-33-30-39-14-4-5-17-43(39)36-44)62-60(64-61)46-19-12-18-45(37-46)49-23-13-24-53-52-22-8-11-27-57(52)66-58(49)53/h1-38H. The minimum absolute atomic E-state index is 0.604. The van der Waals surface area contributed by atoms with E-state index >= 15 is 0 Å². The molecule has 3 aromatic heterocycles. The Morgan fingerprint density at radius 3 is 1.62 bits per heavy atom. The minimum Gasteiger partial charge on any atom is -0.309 e. The Morgan fingerprint density at radius 2 is 0.848 bits per heavy atom. The maximum absolute atomic E-state index is 5.35. The molecule has 0 bridgehead atoms. The van der Waals surface area contributed by atoms with Crippen molar-refractivity contribution in [3.8, 4) is 73.2 Å². The van der Waals surface area contributed by atoms with Crippen LogP contribution >= 0.6 is 11.3 Å². The van der Waals surface area contributed by atoms with Crippen molar-refractivity contribution in [1.29, 1.82) is 0 Å². The predicted molar refractivity (Wildman–Crippen MR) is 277 cm³/mol. The molecule has 66 heavy (non-hydrogen) atoms. The molecule has 0 amide bonds. The van der Waals surface area contributed by atoms with Crippen molar-refractivity contribution >= 4 is 64.1 Å². The quantitative estimate of drug-likeness (QED) is 0.160. The summed E-state index contributed by atoms with van der Waals surface area (Å²) in [5, 5.41) is 7.42. The van der Waals surface area contributed by atoms with Crippen LogP contribution in [-0.4, -0.2) is 19.5 Å². The van der Waals surface area contributed by atoms with Gasteiger partial charge in [-0.05, 0) is 75.0 Å². The topological polar surface area (TPSA) is 43.6 Å². The van der Waals surface area contributed by atoms with E-state index in [0.717, 1.165) is 55.7 Å². The molecule has 13 rings (SSSR count). The van der Waals surface area contributed by atoms with Crippen LogP contribution in [0, 0.1) is 0 Å². The highest BCUT2D eigenvalue weighted by molar-refractivity contribution is 7.26. The molecule has 4 nitrogen and oxygen atoms in total. The summed E-state index contributed by atoms with van der Waals surface area (Å²) >= 11 is 1.84. The molecule has 308 valence electrons. The molecular weight excluding hydrogens is 821 g/mol. The van der Waals surface area contributed by atoms with Crippen LogP contribution in [0.4, 0.5) is 0 Å². The Labute approximate surface area is 385 Å². The van der Waals surface area contributed by atoms with Gasteiger partial charge in [-0.15, -0.1) is 11.3 Å². The molecule has 13 aromatic rings. The van der Waals surface area contributed by atoms with E-state index in [1.807, 2.05) is 11.3 Å². The van der Waals surface area contributed by atoms with Gasteiger partial charge in [0.2, 0.25) is 0 Å². The van der Waals surface area contributed by atoms with Gasteiger partial charge in [0, 0.05) is 53.2 Å². The highest BCUT2D eigenvalue weighted by atomic mass is 32.1. The second kappa shape index (κ2) is 15.6. The number of thiophene rings is 1. The lowest BCUT2D eigenvalue weighted by molar-refractivity contribution is 1.07. The normalized spacial score (nSPS) is 11.6. The van der Waals surface area contributed by atoms with Crippen LogP contribution in [0.1, 0.15) is 0 Å². The first kappa shape index (κ1) is 38.0. The number of aromatic nitrogens is 4. The summed E-state index contributed by atoms with van der Waals surface area (Å²) in [6.07, 6.45) is 0. The van der Waals surface area contributed by atoms with Crippen LogP contribution < -0.4 is 0 Å². The third-order valence-corrected chi connectivity index (χ3v) is 14.1. The maximum atomic E-state index is 5.35. The molecule has 0 spiro atoms. The highest BCUT2D eigenvalue weighted by Gasteiger charge is 2.20. The van der Waals surface area contributed by atoms with Gasteiger partial charge < -0.3 is 4.57 Å². The predicted octanol–water partition coefficient (Wildman–Crippen LogP) is 16.5. The van der Waals surface area contributed by atoms with Gasteiger partial charge in [-0.1, -0.05) is 194 Å². The van der Waals surface area contributed by atoms with E-state index in [9.17, 15) is 0 Å². The van der Waals surface area contributed by atoms with Crippen molar-refractivity contribution in [2.75, 3.05) is 0 Å². The van der Waals surface area contributed by atoms with Crippen LogP contribution in [-0.2, 0) is 0 Å². The third kappa shape index (κ3) is 6.48. The van der Waals surface area contributed by atoms with E-state index in [-0.39, 0.29) is 0 Å². The van der Waals surface area contributed by atoms with Gasteiger partial charge in [-0.3, -0.25) is 0 Å². The molecular formula is C61H38N4S. The molecule has 3 heterocycles. The molecule has 0 saturated carbocycles. The molecule has 0 fully saturated rings. The molecule has 5 heteroatoms. The van der Waals surface area contributed by atoms with Gasteiger partial charge in [-0.25, -0.2) is 15.0 Å². The monoisotopic (exact) mass is 858 g/mol. The second-order valence-corrected chi connectivity index (χ2v) is 17.8. The fourth-order valence-electron chi connectivity index (χ4n) is 9.64. The molecule has 0 aliphatic rings. The lowest BCUT2D eigenvalue weighted by atomic mass is 9.99.